The number of hydrogen-bond donors (Lipinski definition) is 0. The largest absolute Gasteiger partial charge is 0.207 e. The Kier molecular flexibility index (Phi) is 5.72. The summed E-state index contributed by atoms with van der Waals surface area (Å²) >= 11 is 0. The Balaban J connectivity index is 1.33. The molecule has 4 rings (SSSR count). The second kappa shape index (κ2) is 8.03. The van der Waals surface area contributed by atoms with Crippen molar-refractivity contribution >= 4 is 0 Å². The van der Waals surface area contributed by atoms with Gasteiger partial charge in [0.05, 0.1) is 0 Å². The van der Waals surface area contributed by atoms with Gasteiger partial charge in [0.2, 0.25) is 0 Å². The Hall–Kier alpha value is -0.850. The first-order valence-corrected chi connectivity index (χ1v) is 11.4. The molecular weight excluding hydrogens is 319 g/mol. The highest BCUT2D eigenvalue weighted by atomic mass is 19.1. The van der Waals surface area contributed by atoms with Crippen LogP contribution in [-0.2, 0) is 0 Å². The van der Waals surface area contributed by atoms with E-state index in [1.165, 1.54) is 76.2 Å². The van der Waals surface area contributed by atoms with E-state index in [2.05, 4.69) is 13.0 Å². The summed E-state index contributed by atoms with van der Waals surface area (Å²) in [5.41, 5.74) is 2.03. The van der Waals surface area contributed by atoms with Crippen molar-refractivity contribution in [2.75, 3.05) is 0 Å². The van der Waals surface area contributed by atoms with Gasteiger partial charge in [0.1, 0.15) is 5.82 Å². The molecule has 0 amide bonds. The van der Waals surface area contributed by atoms with Crippen molar-refractivity contribution in [3.05, 3.63) is 35.1 Å². The lowest BCUT2D eigenvalue weighted by Crippen LogP contribution is -2.34. The lowest BCUT2D eigenvalue weighted by molar-refractivity contribution is 0.0716. The summed E-state index contributed by atoms with van der Waals surface area (Å²) < 4.78 is 14.0. The molecule has 0 aromatic heterocycles. The van der Waals surface area contributed by atoms with Crippen molar-refractivity contribution < 1.29 is 4.39 Å². The second-order valence-electron chi connectivity index (χ2n) is 9.80. The molecular formula is C25H37F. The molecule has 0 radical (unpaired) electrons. The average molecular weight is 357 g/mol. The molecule has 1 aromatic carbocycles. The van der Waals surface area contributed by atoms with Gasteiger partial charge >= 0.3 is 0 Å². The van der Waals surface area contributed by atoms with Crippen LogP contribution in [0.2, 0.25) is 0 Å². The minimum Gasteiger partial charge on any atom is -0.207 e. The number of fused-ring (bicyclic) bond motifs is 1. The Morgan fingerprint density at radius 3 is 2.12 bits per heavy atom. The lowest BCUT2D eigenvalue weighted by Gasteiger charge is -2.45. The van der Waals surface area contributed by atoms with Crippen LogP contribution in [0.4, 0.5) is 4.39 Å². The lowest BCUT2D eigenvalue weighted by atomic mass is 9.60. The van der Waals surface area contributed by atoms with E-state index in [1.807, 2.05) is 19.1 Å². The highest BCUT2D eigenvalue weighted by Gasteiger charge is 2.39. The van der Waals surface area contributed by atoms with Crippen molar-refractivity contribution in [1.82, 2.24) is 0 Å². The molecule has 144 valence electrons. The average Bonchev–Trinajstić information content (AvgIpc) is 2.69. The molecule has 1 heteroatoms. The number of rotatable bonds is 3. The van der Waals surface area contributed by atoms with Crippen LogP contribution in [0.25, 0.3) is 0 Å². The second-order valence-corrected chi connectivity index (χ2v) is 9.80. The summed E-state index contributed by atoms with van der Waals surface area (Å²) in [5.74, 6) is 5.52. The van der Waals surface area contributed by atoms with Crippen LogP contribution in [-0.4, -0.2) is 0 Å². The van der Waals surface area contributed by atoms with Gasteiger partial charge in [-0.15, -0.1) is 0 Å². The van der Waals surface area contributed by atoms with E-state index < -0.39 is 0 Å². The number of benzene rings is 1. The minimum absolute atomic E-state index is 0.0176. The molecule has 0 saturated heterocycles. The molecule has 0 aliphatic heterocycles. The Bertz CT molecular complexity index is 598. The van der Waals surface area contributed by atoms with Crippen molar-refractivity contribution in [3.8, 4) is 0 Å². The molecule has 1 aromatic rings. The van der Waals surface area contributed by atoms with Gasteiger partial charge in [0.15, 0.2) is 0 Å². The van der Waals surface area contributed by atoms with Gasteiger partial charge in [0, 0.05) is 0 Å². The topological polar surface area (TPSA) is 0 Å². The Labute approximate surface area is 160 Å². The zero-order valence-electron chi connectivity index (χ0n) is 16.9. The summed E-state index contributed by atoms with van der Waals surface area (Å²) in [6.07, 6.45) is 15.8. The predicted molar refractivity (Wildman–Crippen MR) is 108 cm³/mol. The third-order valence-electron chi connectivity index (χ3n) is 8.46. The van der Waals surface area contributed by atoms with Gasteiger partial charge in [-0.1, -0.05) is 38.3 Å². The van der Waals surface area contributed by atoms with Gasteiger partial charge in [-0.25, -0.2) is 4.39 Å². The minimum atomic E-state index is -0.0176. The number of halogens is 1. The summed E-state index contributed by atoms with van der Waals surface area (Å²) in [7, 11) is 0. The highest BCUT2D eigenvalue weighted by Crippen LogP contribution is 2.51. The van der Waals surface area contributed by atoms with Gasteiger partial charge in [-0.05, 0) is 111 Å². The standard InChI is InChI=1S/C25H37F/c1-3-18-5-8-19(9-6-18)20-10-11-22-15-23(13-12-21(22)14-20)24-7-4-17(2)25(26)16-24/h4,7,16,18-23H,3,5-6,8-15H2,1-2H3. The van der Waals surface area contributed by atoms with E-state index in [0.717, 1.165) is 35.2 Å². The fraction of sp³-hybridized carbons (Fsp3) is 0.760. The van der Waals surface area contributed by atoms with Crippen LogP contribution in [0, 0.1) is 42.3 Å². The molecule has 0 spiro atoms. The quantitative estimate of drug-likeness (QED) is 0.521. The zero-order chi connectivity index (χ0) is 18.1. The van der Waals surface area contributed by atoms with E-state index in [-0.39, 0.29) is 5.82 Å². The van der Waals surface area contributed by atoms with Crippen LogP contribution in [0.5, 0.6) is 0 Å². The summed E-state index contributed by atoms with van der Waals surface area (Å²) in [5, 5.41) is 0. The molecule has 26 heavy (non-hydrogen) atoms. The third-order valence-corrected chi connectivity index (χ3v) is 8.46. The van der Waals surface area contributed by atoms with E-state index in [9.17, 15) is 4.39 Å². The molecule has 3 aliphatic carbocycles. The van der Waals surface area contributed by atoms with Crippen LogP contribution < -0.4 is 0 Å². The van der Waals surface area contributed by atoms with E-state index in [0.29, 0.717) is 5.92 Å². The maximum atomic E-state index is 14.0. The highest BCUT2D eigenvalue weighted by molar-refractivity contribution is 5.26. The summed E-state index contributed by atoms with van der Waals surface area (Å²) in [6, 6.07) is 5.97. The normalized spacial score (nSPS) is 38.0. The van der Waals surface area contributed by atoms with E-state index in [4.69, 9.17) is 0 Å². The van der Waals surface area contributed by atoms with E-state index in [1.54, 1.807) is 0 Å². The van der Waals surface area contributed by atoms with Crippen LogP contribution in [0.3, 0.4) is 0 Å². The first kappa shape index (κ1) is 18.5. The summed E-state index contributed by atoms with van der Waals surface area (Å²) in [6.45, 7) is 4.24. The molecule has 0 bridgehead atoms. The van der Waals surface area contributed by atoms with Gasteiger partial charge in [-0.2, -0.15) is 0 Å². The molecule has 3 aliphatic rings. The monoisotopic (exact) mass is 356 g/mol. The zero-order valence-corrected chi connectivity index (χ0v) is 16.9. The maximum Gasteiger partial charge on any atom is 0.126 e. The van der Waals surface area contributed by atoms with Crippen LogP contribution in [0.15, 0.2) is 18.2 Å². The summed E-state index contributed by atoms with van der Waals surface area (Å²) in [4.78, 5) is 0. The molecule has 0 nitrogen and oxygen atoms in total. The molecule has 0 N–H and O–H groups in total. The van der Waals surface area contributed by atoms with Crippen LogP contribution >= 0.6 is 0 Å². The van der Waals surface area contributed by atoms with Crippen molar-refractivity contribution in [1.29, 1.82) is 0 Å². The van der Waals surface area contributed by atoms with E-state index >= 15 is 0 Å². The molecule has 3 fully saturated rings. The number of hydrogen-bond acceptors (Lipinski definition) is 0. The van der Waals surface area contributed by atoms with Gasteiger partial charge in [-0.3, -0.25) is 0 Å². The molecule has 4 atom stereocenters. The molecule has 4 unspecified atom stereocenters. The molecule has 0 heterocycles. The first-order chi connectivity index (χ1) is 12.6. The van der Waals surface area contributed by atoms with Crippen LogP contribution in [0.1, 0.15) is 94.6 Å². The SMILES string of the molecule is CCC1CCC(C2CCC3CC(c4ccc(C)c(F)c4)CCC3C2)CC1. The first-order valence-electron chi connectivity index (χ1n) is 11.4. The van der Waals surface area contributed by atoms with Crippen molar-refractivity contribution in [2.24, 2.45) is 29.6 Å². The maximum absolute atomic E-state index is 14.0. The number of aryl methyl sites for hydroxylation is 1. The fourth-order valence-corrected chi connectivity index (χ4v) is 6.59. The van der Waals surface area contributed by atoms with Gasteiger partial charge < -0.3 is 0 Å². The third kappa shape index (κ3) is 3.87. The van der Waals surface area contributed by atoms with Gasteiger partial charge in [0.25, 0.3) is 0 Å². The smallest absolute Gasteiger partial charge is 0.126 e. The fourth-order valence-electron chi connectivity index (χ4n) is 6.59. The molecule has 3 saturated carbocycles. The van der Waals surface area contributed by atoms with Crippen molar-refractivity contribution in [2.45, 2.75) is 90.4 Å². The van der Waals surface area contributed by atoms with Crippen molar-refractivity contribution in [3.63, 3.8) is 0 Å². The predicted octanol–water partition coefficient (Wildman–Crippen LogP) is 7.65. The Morgan fingerprint density at radius 1 is 0.808 bits per heavy atom. The Morgan fingerprint density at radius 2 is 1.42 bits per heavy atom.